The standard InChI is InChI=1S/C23H25Cl2NO3/c1-28-21-14-17-5-6-18(23(27)20(17)15-22(21)29-2)13-16-3-7-19(8-4-16)26(11-9-24)12-10-25/h3-4,7-8,13-15H,5-6,9-12H2,1-2H3/b18-13+. The Bertz CT molecular complexity index is 888. The first kappa shape index (κ1) is 21.5. The number of methoxy groups -OCH3 is 2. The molecule has 0 amide bonds. The summed E-state index contributed by atoms with van der Waals surface area (Å²) in [5, 5.41) is 0. The van der Waals surface area contributed by atoms with Crippen molar-refractivity contribution < 1.29 is 14.3 Å². The third kappa shape index (κ3) is 4.88. The van der Waals surface area contributed by atoms with E-state index in [0.29, 0.717) is 35.2 Å². The number of ether oxygens (including phenoxy) is 2. The monoisotopic (exact) mass is 433 g/mol. The first-order valence-electron chi connectivity index (χ1n) is 9.58. The molecular weight excluding hydrogens is 409 g/mol. The van der Waals surface area contributed by atoms with E-state index >= 15 is 0 Å². The second-order valence-corrected chi connectivity index (χ2v) is 7.58. The highest BCUT2D eigenvalue weighted by Gasteiger charge is 2.24. The van der Waals surface area contributed by atoms with Crippen LogP contribution >= 0.6 is 23.2 Å². The Kier molecular flexibility index (Phi) is 7.45. The highest BCUT2D eigenvalue weighted by atomic mass is 35.5. The number of halogens is 2. The van der Waals surface area contributed by atoms with Gasteiger partial charge in [-0.1, -0.05) is 12.1 Å². The quantitative estimate of drug-likeness (QED) is 0.423. The first-order valence-corrected chi connectivity index (χ1v) is 10.6. The number of hydrogen-bond acceptors (Lipinski definition) is 4. The molecule has 0 aromatic heterocycles. The Morgan fingerprint density at radius 2 is 1.59 bits per heavy atom. The minimum Gasteiger partial charge on any atom is -0.493 e. The van der Waals surface area contributed by atoms with Gasteiger partial charge in [-0.25, -0.2) is 0 Å². The number of carbonyl (C=O) groups excluding carboxylic acids is 1. The van der Waals surface area contributed by atoms with E-state index in [0.717, 1.165) is 41.9 Å². The molecule has 0 radical (unpaired) electrons. The van der Waals surface area contributed by atoms with Crippen molar-refractivity contribution in [1.29, 1.82) is 0 Å². The molecule has 1 aliphatic carbocycles. The summed E-state index contributed by atoms with van der Waals surface area (Å²) in [6.07, 6.45) is 3.47. The maximum atomic E-state index is 13.0. The molecule has 0 unspecified atom stereocenters. The number of carbonyl (C=O) groups is 1. The van der Waals surface area contributed by atoms with Gasteiger partial charge in [-0.05, 0) is 54.3 Å². The molecule has 0 saturated heterocycles. The van der Waals surface area contributed by atoms with Gasteiger partial charge in [-0.3, -0.25) is 4.79 Å². The van der Waals surface area contributed by atoms with Crippen LogP contribution in [0.15, 0.2) is 42.0 Å². The van der Waals surface area contributed by atoms with Crippen molar-refractivity contribution in [3.8, 4) is 11.5 Å². The maximum absolute atomic E-state index is 13.0. The molecule has 2 aromatic carbocycles. The number of Topliss-reactive ketones (excluding diaryl/α,β-unsaturated/α-hetero) is 1. The van der Waals surface area contributed by atoms with Crippen LogP contribution in [0.2, 0.25) is 0 Å². The fourth-order valence-electron chi connectivity index (χ4n) is 3.59. The van der Waals surface area contributed by atoms with Crippen molar-refractivity contribution in [3.05, 3.63) is 58.7 Å². The molecule has 0 spiro atoms. The lowest BCUT2D eigenvalue weighted by Gasteiger charge is -2.23. The molecule has 0 atom stereocenters. The van der Waals surface area contributed by atoms with Gasteiger partial charge >= 0.3 is 0 Å². The fraction of sp³-hybridized carbons (Fsp3) is 0.348. The van der Waals surface area contributed by atoms with E-state index in [-0.39, 0.29) is 5.78 Å². The Labute approximate surface area is 182 Å². The molecule has 154 valence electrons. The molecule has 6 heteroatoms. The minimum atomic E-state index is 0.0437. The Balaban J connectivity index is 1.84. The number of nitrogens with zero attached hydrogens (tertiary/aromatic N) is 1. The van der Waals surface area contributed by atoms with Gasteiger partial charge in [-0.15, -0.1) is 23.2 Å². The number of rotatable bonds is 8. The van der Waals surface area contributed by atoms with E-state index in [9.17, 15) is 4.79 Å². The van der Waals surface area contributed by atoms with Crippen LogP contribution in [-0.4, -0.2) is 44.9 Å². The van der Waals surface area contributed by atoms with Gasteiger partial charge < -0.3 is 14.4 Å². The number of hydrogen-bond donors (Lipinski definition) is 0. The summed E-state index contributed by atoms with van der Waals surface area (Å²) in [6, 6.07) is 11.8. The lowest BCUT2D eigenvalue weighted by Crippen LogP contribution is -2.27. The van der Waals surface area contributed by atoms with Crippen LogP contribution in [0.4, 0.5) is 5.69 Å². The van der Waals surface area contributed by atoms with Crippen molar-refractivity contribution in [2.24, 2.45) is 0 Å². The van der Waals surface area contributed by atoms with Crippen LogP contribution in [0.25, 0.3) is 6.08 Å². The van der Waals surface area contributed by atoms with E-state index in [1.54, 1.807) is 20.3 Å². The van der Waals surface area contributed by atoms with Crippen molar-refractivity contribution in [3.63, 3.8) is 0 Å². The minimum absolute atomic E-state index is 0.0437. The van der Waals surface area contributed by atoms with Crippen molar-refractivity contribution in [2.75, 3.05) is 44.0 Å². The summed E-state index contributed by atoms with van der Waals surface area (Å²) in [5.41, 5.74) is 4.56. The van der Waals surface area contributed by atoms with Crippen LogP contribution < -0.4 is 14.4 Å². The largest absolute Gasteiger partial charge is 0.493 e. The molecule has 0 fully saturated rings. The third-order valence-electron chi connectivity index (χ3n) is 5.12. The van der Waals surface area contributed by atoms with Gasteiger partial charge in [-0.2, -0.15) is 0 Å². The first-order chi connectivity index (χ1) is 14.1. The van der Waals surface area contributed by atoms with Gasteiger partial charge in [0, 0.05) is 41.7 Å². The van der Waals surface area contributed by atoms with Gasteiger partial charge in [0.15, 0.2) is 17.3 Å². The number of ketones is 1. The normalized spacial score (nSPS) is 14.6. The van der Waals surface area contributed by atoms with E-state index in [1.165, 1.54) is 0 Å². The highest BCUT2D eigenvalue weighted by molar-refractivity contribution is 6.18. The topological polar surface area (TPSA) is 38.8 Å². The molecule has 1 aliphatic rings. The summed E-state index contributed by atoms with van der Waals surface area (Å²) in [6.45, 7) is 1.49. The van der Waals surface area contributed by atoms with Crippen molar-refractivity contribution in [1.82, 2.24) is 0 Å². The summed E-state index contributed by atoms with van der Waals surface area (Å²) >= 11 is 11.8. The number of aryl methyl sites for hydroxylation is 1. The number of anilines is 1. The van der Waals surface area contributed by atoms with Gasteiger partial charge in [0.05, 0.1) is 14.2 Å². The molecule has 4 nitrogen and oxygen atoms in total. The van der Waals surface area contributed by atoms with Crippen LogP contribution in [-0.2, 0) is 6.42 Å². The lowest BCUT2D eigenvalue weighted by molar-refractivity contribution is 0.102. The van der Waals surface area contributed by atoms with E-state index in [1.807, 2.05) is 36.4 Å². The number of allylic oxidation sites excluding steroid dienone is 1. The SMILES string of the molecule is COc1cc2c(cc1OC)C(=O)/C(=C/c1ccc(N(CCCl)CCCl)cc1)CC2. The molecule has 0 N–H and O–H groups in total. The zero-order valence-electron chi connectivity index (χ0n) is 16.7. The molecule has 0 heterocycles. The van der Waals surface area contributed by atoms with Gasteiger partial charge in [0.1, 0.15) is 0 Å². The van der Waals surface area contributed by atoms with Gasteiger partial charge in [0.2, 0.25) is 0 Å². The lowest BCUT2D eigenvalue weighted by atomic mass is 9.85. The van der Waals surface area contributed by atoms with E-state index < -0.39 is 0 Å². The second kappa shape index (κ2) is 10.0. The van der Waals surface area contributed by atoms with Crippen molar-refractivity contribution >= 4 is 40.7 Å². The fourth-order valence-corrected chi connectivity index (χ4v) is 4.00. The Morgan fingerprint density at radius 3 is 2.17 bits per heavy atom. The second-order valence-electron chi connectivity index (χ2n) is 6.82. The molecular formula is C23H25Cl2NO3. The average Bonchev–Trinajstić information content (AvgIpc) is 2.75. The van der Waals surface area contributed by atoms with Crippen LogP contribution in [0.3, 0.4) is 0 Å². The average molecular weight is 434 g/mol. The van der Waals surface area contributed by atoms with Crippen LogP contribution in [0.1, 0.15) is 27.9 Å². The molecule has 0 bridgehead atoms. The smallest absolute Gasteiger partial charge is 0.189 e. The van der Waals surface area contributed by atoms with E-state index in [4.69, 9.17) is 32.7 Å². The van der Waals surface area contributed by atoms with Crippen LogP contribution in [0, 0.1) is 0 Å². The van der Waals surface area contributed by atoms with Crippen molar-refractivity contribution in [2.45, 2.75) is 12.8 Å². The number of benzene rings is 2. The summed E-state index contributed by atoms with van der Waals surface area (Å²) < 4.78 is 10.7. The molecule has 0 aliphatic heterocycles. The highest BCUT2D eigenvalue weighted by Crippen LogP contribution is 2.36. The maximum Gasteiger partial charge on any atom is 0.189 e. The number of alkyl halides is 2. The Morgan fingerprint density at radius 1 is 0.966 bits per heavy atom. The summed E-state index contributed by atoms with van der Waals surface area (Å²) in [7, 11) is 3.18. The predicted molar refractivity (Wildman–Crippen MR) is 120 cm³/mol. The Hall–Kier alpha value is -2.17. The molecule has 29 heavy (non-hydrogen) atoms. The van der Waals surface area contributed by atoms with Crippen LogP contribution in [0.5, 0.6) is 11.5 Å². The zero-order chi connectivity index (χ0) is 20.8. The molecule has 0 saturated carbocycles. The zero-order valence-corrected chi connectivity index (χ0v) is 18.2. The van der Waals surface area contributed by atoms with E-state index in [2.05, 4.69) is 4.90 Å². The summed E-state index contributed by atoms with van der Waals surface area (Å²) in [4.78, 5) is 15.2. The third-order valence-corrected chi connectivity index (χ3v) is 5.46. The predicted octanol–water partition coefficient (Wildman–Crippen LogP) is 5.20. The molecule has 2 aromatic rings. The number of fused-ring (bicyclic) bond motifs is 1. The molecule has 3 rings (SSSR count). The summed E-state index contributed by atoms with van der Waals surface area (Å²) in [5.74, 6) is 2.36. The van der Waals surface area contributed by atoms with Gasteiger partial charge in [0.25, 0.3) is 0 Å².